The molecule has 60 valence electrons. The topological polar surface area (TPSA) is 36.7 Å². The minimum absolute atomic E-state index is 0.300. The predicted molar refractivity (Wildman–Crippen MR) is 48.9 cm³/mol. The molecule has 2 nitrogen and oxygen atoms in total. The molecule has 0 unspecified atom stereocenters. The Kier molecular flexibility index (Phi) is 3.09. The number of hydrogen-bond acceptors (Lipinski definition) is 2. The van der Waals surface area contributed by atoms with E-state index in [0.29, 0.717) is 15.7 Å². The van der Waals surface area contributed by atoms with E-state index in [4.69, 9.17) is 28.5 Å². The number of halogens is 2. The van der Waals surface area contributed by atoms with Gasteiger partial charge in [-0.15, -0.1) is 0 Å². The van der Waals surface area contributed by atoms with Crippen molar-refractivity contribution in [2.75, 3.05) is 0 Å². The zero-order valence-corrected chi connectivity index (χ0v) is 7.47. The first-order chi connectivity index (χ1) is 5.75. The first-order valence-corrected chi connectivity index (χ1v) is 3.87. The lowest BCUT2D eigenvalue weighted by molar-refractivity contribution is 1.32. The molecule has 1 aromatic heterocycles. The molecule has 1 heterocycles. The fourth-order valence-corrected chi connectivity index (χ4v) is 1.17. The average molecular weight is 199 g/mol. The molecular formula is C8H4Cl2N2. The highest BCUT2D eigenvalue weighted by atomic mass is 35.5. The van der Waals surface area contributed by atoms with Gasteiger partial charge in [0, 0.05) is 17.8 Å². The van der Waals surface area contributed by atoms with Crippen molar-refractivity contribution in [1.82, 2.24) is 4.98 Å². The third kappa shape index (κ3) is 1.97. The molecule has 0 amide bonds. The van der Waals surface area contributed by atoms with E-state index in [9.17, 15) is 0 Å². The highest BCUT2D eigenvalue weighted by Crippen LogP contribution is 2.22. The molecular weight excluding hydrogens is 195 g/mol. The van der Waals surface area contributed by atoms with Crippen molar-refractivity contribution < 1.29 is 0 Å². The van der Waals surface area contributed by atoms with Crippen LogP contribution in [-0.2, 0) is 0 Å². The molecule has 0 aliphatic rings. The van der Waals surface area contributed by atoms with Crippen LogP contribution in [0.5, 0.6) is 0 Å². The standard InChI is InChI=1S/C8H4Cl2N2/c9-7-3-5-12-8(10)6(7)2-1-4-11/h1-3,5H. The van der Waals surface area contributed by atoms with Gasteiger partial charge in [-0.05, 0) is 12.1 Å². The van der Waals surface area contributed by atoms with Gasteiger partial charge in [-0.3, -0.25) is 0 Å². The minimum Gasteiger partial charge on any atom is -0.244 e. The molecule has 1 aromatic rings. The van der Waals surface area contributed by atoms with Gasteiger partial charge in [0.1, 0.15) is 5.15 Å². The summed E-state index contributed by atoms with van der Waals surface area (Å²) < 4.78 is 0. The summed E-state index contributed by atoms with van der Waals surface area (Å²) in [6.45, 7) is 0. The molecule has 0 aliphatic heterocycles. The predicted octanol–water partition coefficient (Wildman–Crippen LogP) is 2.93. The Balaban J connectivity index is 3.15. The zero-order chi connectivity index (χ0) is 8.97. The number of nitrogens with zero attached hydrogens (tertiary/aromatic N) is 2. The Morgan fingerprint density at radius 2 is 2.25 bits per heavy atom. The largest absolute Gasteiger partial charge is 0.244 e. The van der Waals surface area contributed by atoms with Gasteiger partial charge in [0.25, 0.3) is 0 Å². The Morgan fingerprint density at radius 1 is 1.50 bits per heavy atom. The quantitative estimate of drug-likeness (QED) is 0.514. The maximum Gasteiger partial charge on any atom is 0.137 e. The van der Waals surface area contributed by atoms with E-state index in [2.05, 4.69) is 4.98 Å². The van der Waals surface area contributed by atoms with Gasteiger partial charge in [0.15, 0.2) is 0 Å². The molecule has 12 heavy (non-hydrogen) atoms. The number of pyridine rings is 1. The second-order valence-electron chi connectivity index (χ2n) is 1.96. The molecule has 0 saturated carbocycles. The summed E-state index contributed by atoms with van der Waals surface area (Å²) in [6, 6.07) is 3.46. The van der Waals surface area contributed by atoms with Crippen LogP contribution in [0.4, 0.5) is 0 Å². The van der Waals surface area contributed by atoms with Gasteiger partial charge in [-0.1, -0.05) is 23.2 Å². The molecule has 0 bridgehead atoms. The van der Waals surface area contributed by atoms with E-state index in [1.165, 1.54) is 18.3 Å². The highest BCUT2D eigenvalue weighted by Gasteiger charge is 2.01. The van der Waals surface area contributed by atoms with Crippen LogP contribution in [0.15, 0.2) is 18.3 Å². The number of nitriles is 1. The molecule has 0 N–H and O–H groups in total. The van der Waals surface area contributed by atoms with E-state index < -0.39 is 0 Å². The molecule has 0 saturated heterocycles. The SMILES string of the molecule is N#CC=Cc1c(Cl)ccnc1Cl. The molecule has 0 aliphatic carbocycles. The van der Waals surface area contributed by atoms with Crippen molar-refractivity contribution in [2.45, 2.75) is 0 Å². The maximum absolute atomic E-state index is 8.27. The van der Waals surface area contributed by atoms with E-state index in [1.807, 2.05) is 6.07 Å². The van der Waals surface area contributed by atoms with Gasteiger partial charge in [-0.2, -0.15) is 5.26 Å². The smallest absolute Gasteiger partial charge is 0.137 e. The lowest BCUT2D eigenvalue weighted by Gasteiger charge is -1.97. The van der Waals surface area contributed by atoms with Crippen LogP contribution in [0.1, 0.15) is 5.56 Å². The van der Waals surface area contributed by atoms with Crippen molar-refractivity contribution in [3.8, 4) is 6.07 Å². The van der Waals surface area contributed by atoms with Crippen LogP contribution in [0.2, 0.25) is 10.2 Å². The van der Waals surface area contributed by atoms with Crippen LogP contribution in [0.25, 0.3) is 6.08 Å². The molecule has 0 spiro atoms. The van der Waals surface area contributed by atoms with Gasteiger partial charge in [0.05, 0.1) is 11.1 Å². The van der Waals surface area contributed by atoms with Gasteiger partial charge >= 0.3 is 0 Å². The maximum atomic E-state index is 8.27. The van der Waals surface area contributed by atoms with Gasteiger partial charge in [-0.25, -0.2) is 4.98 Å². The van der Waals surface area contributed by atoms with Gasteiger partial charge < -0.3 is 0 Å². The van der Waals surface area contributed by atoms with E-state index in [1.54, 1.807) is 6.07 Å². The van der Waals surface area contributed by atoms with E-state index in [0.717, 1.165) is 0 Å². The van der Waals surface area contributed by atoms with E-state index >= 15 is 0 Å². The fraction of sp³-hybridized carbons (Fsp3) is 0. The summed E-state index contributed by atoms with van der Waals surface area (Å²) in [5.41, 5.74) is 0.572. The Bertz CT molecular complexity index is 332. The Hall–Kier alpha value is -1.04. The third-order valence-electron chi connectivity index (χ3n) is 1.21. The number of aromatic nitrogens is 1. The molecule has 0 atom stereocenters. The summed E-state index contributed by atoms with van der Waals surface area (Å²) in [7, 11) is 0. The normalized spacial score (nSPS) is 10.1. The van der Waals surface area contributed by atoms with Crippen molar-refractivity contribution in [2.24, 2.45) is 0 Å². The first-order valence-electron chi connectivity index (χ1n) is 3.12. The summed E-state index contributed by atoms with van der Waals surface area (Å²) in [5, 5.41) is 9.05. The summed E-state index contributed by atoms with van der Waals surface area (Å²) in [5.74, 6) is 0. The second-order valence-corrected chi connectivity index (χ2v) is 2.72. The van der Waals surface area contributed by atoms with Crippen molar-refractivity contribution in [1.29, 1.82) is 5.26 Å². The average Bonchev–Trinajstić information content (AvgIpc) is 2.04. The van der Waals surface area contributed by atoms with Crippen LogP contribution >= 0.6 is 23.2 Å². The lowest BCUT2D eigenvalue weighted by atomic mass is 10.2. The van der Waals surface area contributed by atoms with Gasteiger partial charge in [0.2, 0.25) is 0 Å². The van der Waals surface area contributed by atoms with Crippen LogP contribution in [0.3, 0.4) is 0 Å². The fourth-order valence-electron chi connectivity index (χ4n) is 0.695. The molecule has 0 fully saturated rings. The highest BCUT2D eigenvalue weighted by molar-refractivity contribution is 6.36. The zero-order valence-electron chi connectivity index (χ0n) is 5.96. The van der Waals surface area contributed by atoms with Crippen molar-refractivity contribution >= 4 is 29.3 Å². The number of allylic oxidation sites excluding steroid dienone is 1. The van der Waals surface area contributed by atoms with Crippen LogP contribution in [0, 0.1) is 11.3 Å². The van der Waals surface area contributed by atoms with E-state index in [-0.39, 0.29) is 0 Å². The molecule has 0 aromatic carbocycles. The van der Waals surface area contributed by atoms with Crippen LogP contribution < -0.4 is 0 Å². The second kappa shape index (κ2) is 4.10. The molecule has 4 heteroatoms. The minimum atomic E-state index is 0.300. The number of rotatable bonds is 1. The summed E-state index contributed by atoms with van der Waals surface area (Å²) in [6.07, 6.45) is 4.33. The van der Waals surface area contributed by atoms with Crippen LogP contribution in [-0.4, -0.2) is 4.98 Å². The Labute approximate surface area is 80.1 Å². The van der Waals surface area contributed by atoms with Crippen molar-refractivity contribution in [3.05, 3.63) is 34.1 Å². The molecule has 0 radical (unpaired) electrons. The Morgan fingerprint density at radius 3 is 2.83 bits per heavy atom. The summed E-state index contributed by atoms with van der Waals surface area (Å²) in [4.78, 5) is 3.81. The van der Waals surface area contributed by atoms with Crippen molar-refractivity contribution in [3.63, 3.8) is 0 Å². The third-order valence-corrected chi connectivity index (χ3v) is 1.84. The number of hydrogen-bond donors (Lipinski definition) is 0. The first kappa shape index (κ1) is 9.05. The molecule has 1 rings (SSSR count). The monoisotopic (exact) mass is 198 g/mol. The summed E-state index contributed by atoms with van der Waals surface area (Å²) >= 11 is 11.5. The lowest BCUT2D eigenvalue weighted by Crippen LogP contribution is -1.81.